The third-order valence-electron chi connectivity index (χ3n) is 2.89. The maximum Gasteiger partial charge on any atom is 0.335 e. The van der Waals surface area contributed by atoms with Gasteiger partial charge in [0.15, 0.2) is 0 Å². The molecule has 4 nitrogen and oxygen atoms in total. The number of aromatic nitrogens is 2. The van der Waals surface area contributed by atoms with Crippen LogP contribution >= 0.6 is 15.9 Å². The highest BCUT2D eigenvalue weighted by molar-refractivity contribution is 9.10. The van der Waals surface area contributed by atoms with Crippen LogP contribution in [0.1, 0.15) is 10.4 Å². The molecule has 2 aromatic heterocycles. The third kappa shape index (κ3) is 2.02. The number of benzene rings is 1. The SMILES string of the molecule is O=C(O)c1cccc(-c2ncc3c(Br)cccn23)c1. The first-order chi connectivity index (χ1) is 9.16. The second kappa shape index (κ2) is 4.51. The van der Waals surface area contributed by atoms with Crippen LogP contribution in [0.15, 0.2) is 53.3 Å². The lowest BCUT2D eigenvalue weighted by Crippen LogP contribution is -1.97. The summed E-state index contributed by atoms with van der Waals surface area (Å²) in [5.74, 6) is -0.219. The molecular formula is C14H9BrN2O2. The van der Waals surface area contributed by atoms with Crippen molar-refractivity contribution in [1.29, 1.82) is 0 Å². The summed E-state index contributed by atoms with van der Waals surface area (Å²) in [7, 11) is 0. The standard InChI is InChI=1S/C14H9BrN2O2/c15-11-5-2-6-17-12(11)8-16-13(17)9-3-1-4-10(7-9)14(18)19/h1-8H,(H,18,19). The van der Waals surface area contributed by atoms with Gasteiger partial charge in [-0.15, -0.1) is 0 Å². The molecule has 19 heavy (non-hydrogen) atoms. The first-order valence-electron chi connectivity index (χ1n) is 5.62. The minimum atomic E-state index is -0.941. The Morgan fingerprint density at radius 1 is 1.26 bits per heavy atom. The number of hydrogen-bond acceptors (Lipinski definition) is 2. The fraction of sp³-hybridized carbons (Fsp3) is 0. The van der Waals surface area contributed by atoms with Crippen molar-refractivity contribution in [3.63, 3.8) is 0 Å². The summed E-state index contributed by atoms with van der Waals surface area (Å²) in [6.07, 6.45) is 3.66. The number of rotatable bonds is 2. The Labute approximate surface area is 117 Å². The zero-order chi connectivity index (χ0) is 13.4. The Bertz CT molecular complexity index is 780. The van der Waals surface area contributed by atoms with Crippen molar-refractivity contribution < 1.29 is 9.90 Å². The van der Waals surface area contributed by atoms with Gasteiger partial charge in [-0.25, -0.2) is 9.78 Å². The van der Waals surface area contributed by atoms with Crippen LogP contribution in [0.2, 0.25) is 0 Å². The van der Waals surface area contributed by atoms with Gasteiger partial charge in [-0.05, 0) is 40.2 Å². The molecule has 0 radical (unpaired) electrons. The summed E-state index contributed by atoms with van der Waals surface area (Å²) in [5.41, 5.74) is 1.97. The molecule has 3 aromatic rings. The Kier molecular flexibility index (Phi) is 2.83. The molecule has 0 saturated carbocycles. The predicted molar refractivity (Wildman–Crippen MR) is 75.3 cm³/mol. The summed E-state index contributed by atoms with van der Waals surface area (Å²) < 4.78 is 2.87. The van der Waals surface area contributed by atoms with Crippen molar-refractivity contribution in [2.75, 3.05) is 0 Å². The molecule has 0 spiro atoms. The van der Waals surface area contributed by atoms with Gasteiger partial charge in [0.05, 0.1) is 17.3 Å². The number of carbonyl (C=O) groups is 1. The van der Waals surface area contributed by atoms with Gasteiger partial charge in [-0.3, -0.25) is 4.40 Å². The summed E-state index contributed by atoms with van der Waals surface area (Å²) >= 11 is 3.47. The molecule has 0 aliphatic heterocycles. The van der Waals surface area contributed by atoms with Crippen LogP contribution in [0.4, 0.5) is 0 Å². The normalized spacial score (nSPS) is 10.8. The van der Waals surface area contributed by atoms with Crippen LogP contribution in [0, 0.1) is 0 Å². The molecule has 3 rings (SSSR count). The number of carboxylic acids is 1. The molecule has 94 valence electrons. The van der Waals surface area contributed by atoms with Gasteiger partial charge < -0.3 is 5.11 Å². The molecule has 0 unspecified atom stereocenters. The van der Waals surface area contributed by atoms with Crippen molar-refractivity contribution in [1.82, 2.24) is 9.38 Å². The van der Waals surface area contributed by atoms with E-state index in [0.717, 1.165) is 21.4 Å². The summed E-state index contributed by atoms with van der Waals surface area (Å²) in [5, 5.41) is 9.03. The average Bonchev–Trinajstić information content (AvgIpc) is 2.84. The first kappa shape index (κ1) is 11.9. The number of nitrogens with zero attached hydrogens (tertiary/aromatic N) is 2. The maximum atomic E-state index is 11.0. The quantitative estimate of drug-likeness (QED) is 0.787. The smallest absolute Gasteiger partial charge is 0.335 e. The number of imidazole rings is 1. The van der Waals surface area contributed by atoms with Gasteiger partial charge >= 0.3 is 5.97 Å². The van der Waals surface area contributed by atoms with Crippen LogP contribution < -0.4 is 0 Å². The van der Waals surface area contributed by atoms with Crippen molar-refractivity contribution in [2.24, 2.45) is 0 Å². The molecule has 0 amide bonds. The van der Waals surface area contributed by atoms with Gasteiger partial charge in [-0.2, -0.15) is 0 Å². The fourth-order valence-corrected chi connectivity index (χ4v) is 2.44. The molecule has 0 aliphatic carbocycles. The minimum absolute atomic E-state index is 0.254. The lowest BCUT2D eigenvalue weighted by Gasteiger charge is -2.03. The molecular weight excluding hydrogens is 308 g/mol. The van der Waals surface area contributed by atoms with Crippen molar-refractivity contribution in [3.8, 4) is 11.4 Å². The first-order valence-corrected chi connectivity index (χ1v) is 6.41. The number of halogens is 1. The zero-order valence-corrected chi connectivity index (χ0v) is 11.3. The highest BCUT2D eigenvalue weighted by Crippen LogP contribution is 2.24. The topological polar surface area (TPSA) is 54.6 Å². The average molecular weight is 317 g/mol. The van der Waals surface area contributed by atoms with Crippen LogP contribution in [0.25, 0.3) is 16.9 Å². The van der Waals surface area contributed by atoms with E-state index in [4.69, 9.17) is 5.11 Å². The monoisotopic (exact) mass is 316 g/mol. The van der Waals surface area contributed by atoms with E-state index in [0.29, 0.717) is 0 Å². The summed E-state index contributed by atoms with van der Waals surface area (Å²) in [6.45, 7) is 0. The van der Waals surface area contributed by atoms with Crippen LogP contribution in [0.3, 0.4) is 0 Å². The van der Waals surface area contributed by atoms with E-state index >= 15 is 0 Å². The highest BCUT2D eigenvalue weighted by atomic mass is 79.9. The van der Waals surface area contributed by atoms with Crippen LogP contribution in [-0.4, -0.2) is 20.5 Å². The minimum Gasteiger partial charge on any atom is -0.478 e. The van der Waals surface area contributed by atoms with Crippen LogP contribution in [0.5, 0.6) is 0 Å². The fourth-order valence-electron chi connectivity index (χ4n) is 1.99. The molecule has 5 heteroatoms. The molecule has 0 saturated heterocycles. The summed E-state index contributed by atoms with van der Waals surface area (Å²) in [4.78, 5) is 15.4. The lowest BCUT2D eigenvalue weighted by molar-refractivity contribution is 0.0697. The van der Waals surface area contributed by atoms with Gasteiger partial charge in [-0.1, -0.05) is 12.1 Å². The zero-order valence-electron chi connectivity index (χ0n) is 9.75. The highest BCUT2D eigenvalue weighted by Gasteiger charge is 2.10. The number of aromatic carboxylic acids is 1. The van der Waals surface area contributed by atoms with E-state index in [1.807, 2.05) is 28.8 Å². The largest absolute Gasteiger partial charge is 0.478 e. The lowest BCUT2D eigenvalue weighted by atomic mass is 10.1. The number of fused-ring (bicyclic) bond motifs is 1. The van der Waals surface area contributed by atoms with Crippen molar-refractivity contribution >= 4 is 27.4 Å². The Morgan fingerprint density at radius 3 is 2.89 bits per heavy atom. The van der Waals surface area contributed by atoms with Gasteiger partial charge in [0.1, 0.15) is 5.82 Å². The molecule has 0 aliphatic rings. The molecule has 0 bridgehead atoms. The molecule has 0 atom stereocenters. The Morgan fingerprint density at radius 2 is 2.11 bits per heavy atom. The van der Waals surface area contributed by atoms with Gasteiger partial charge in [0.25, 0.3) is 0 Å². The van der Waals surface area contributed by atoms with E-state index in [9.17, 15) is 4.79 Å². The molecule has 2 heterocycles. The Balaban J connectivity index is 2.22. The molecule has 1 N–H and O–H groups in total. The number of pyridine rings is 1. The van der Waals surface area contributed by atoms with Crippen molar-refractivity contribution in [3.05, 3.63) is 58.8 Å². The number of hydrogen-bond donors (Lipinski definition) is 1. The van der Waals surface area contributed by atoms with E-state index < -0.39 is 5.97 Å². The van der Waals surface area contributed by atoms with E-state index in [1.54, 1.807) is 24.4 Å². The van der Waals surface area contributed by atoms with Gasteiger partial charge in [0.2, 0.25) is 0 Å². The molecule has 0 fully saturated rings. The molecule has 1 aromatic carbocycles. The number of carboxylic acid groups (broad SMARTS) is 1. The van der Waals surface area contributed by atoms with Crippen LogP contribution in [-0.2, 0) is 0 Å². The predicted octanol–water partition coefficient (Wildman–Crippen LogP) is 3.46. The third-order valence-corrected chi connectivity index (χ3v) is 3.56. The van der Waals surface area contributed by atoms with Gasteiger partial charge in [0, 0.05) is 16.2 Å². The maximum absolute atomic E-state index is 11.0. The van der Waals surface area contributed by atoms with E-state index in [-0.39, 0.29) is 5.56 Å². The second-order valence-electron chi connectivity index (χ2n) is 4.08. The summed E-state index contributed by atoms with van der Waals surface area (Å²) in [6, 6.07) is 10.6. The second-order valence-corrected chi connectivity index (χ2v) is 4.93. The Hall–Kier alpha value is -2.14. The van der Waals surface area contributed by atoms with Crippen molar-refractivity contribution in [2.45, 2.75) is 0 Å². The van der Waals surface area contributed by atoms with E-state index in [1.165, 1.54) is 0 Å². The van der Waals surface area contributed by atoms with E-state index in [2.05, 4.69) is 20.9 Å².